The number of anilines is 2. The first-order chi connectivity index (χ1) is 19.6. The van der Waals surface area contributed by atoms with Crippen LogP contribution in [0.3, 0.4) is 0 Å². The van der Waals surface area contributed by atoms with E-state index in [0.29, 0.717) is 65.3 Å². The van der Waals surface area contributed by atoms with Crippen LogP contribution in [0, 0.1) is 0 Å². The number of carbonyl (C=O) groups is 1. The molecule has 0 saturated carbocycles. The predicted octanol–water partition coefficient (Wildman–Crippen LogP) is 4.81. The van der Waals surface area contributed by atoms with E-state index in [4.69, 9.17) is 16.3 Å². The van der Waals surface area contributed by atoms with Gasteiger partial charge in [0.2, 0.25) is 17.2 Å². The molecule has 0 spiro atoms. The topological polar surface area (TPSA) is 101 Å². The van der Waals surface area contributed by atoms with Gasteiger partial charge in [0.25, 0.3) is 0 Å². The number of methoxy groups -OCH3 is 1. The number of amides is 1. The van der Waals surface area contributed by atoms with Crippen LogP contribution < -0.4 is 25.7 Å². The zero-order valence-electron chi connectivity index (χ0n) is 22.1. The highest BCUT2D eigenvalue weighted by molar-refractivity contribution is 7.21. The molecule has 0 bridgehead atoms. The van der Waals surface area contributed by atoms with Crippen LogP contribution in [0.4, 0.5) is 24.5 Å². The lowest BCUT2D eigenvalue weighted by molar-refractivity contribution is -0.137. The van der Waals surface area contributed by atoms with Crippen molar-refractivity contribution in [2.24, 2.45) is 0 Å². The Morgan fingerprint density at radius 1 is 1.22 bits per heavy atom. The molecule has 2 N–H and O–H groups in total. The van der Waals surface area contributed by atoms with Crippen molar-refractivity contribution < 1.29 is 22.7 Å². The van der Waals surface area contributed by atoms with E-state index >= 15 is 0 Å². The monoisotopic (exact) mass is 606 g/mol. The minimum Gasteiger partial charge on any atom is -0.481 e. The number of nitrogens with one attached hydrogen (secondary N) is 2. The Morgan fingerprint density at radius 3 is 2.63 bits per heavy atom. The number of carbonyl (C=O) groups excluding carboxylic acids is 1. The van der Waals surface area contributed by atoms with Crippen LogP contribution in [-0.4, -0.2) is 53.7 Å². The van der Waals surface area contributed by atoms with Gasteiger partial charge in [-0.05, 0) is 30.7 Å². The van der Waals surface area contributed by atoms with Gasteiger partial charge in [-0.3, -0.25) is 9.59 Å². The Hall–Kier alpha value is -3.68. The van der Waals surface area contributed by atoms with E-state index < -0.39 is 17.6 Å². The molecule has 0 aliphatic carbocycles. The van der Waals surface area contributed by atoms with Crippen LogP contribution in [-0.2, 0) is 23.9 Å². The maximum atomic E-state index is 13.9. The Bertz CT molecular complexity index is 1670. The number of rotatable bonds is 7. The standard InChI is InChI=1S/C27H26ClF3N6O3S/c1-3-19-23(36-10-8-32-9-11-36)24(39)22-26(41-25(35-22)15-6-7-33-21(12-15)40-2)37(19)14-20(38)34-18-5-4-16(13-17(18)28)27(29,30)31/h4-7,12-13,32H,3,8-11,14H2,1-2H3,(H,34,38). The molecule has 1 amide bonds. The van der Waals surface area contributed by atoms with Crippen molar-refractivity contribution in [2.45, 2.75) is 26.1 Å². The molecule has 4 aromatic rings. The third-order valence-electron chi connectivity index (χ3n) is 6.72. The number of alkyl halides is 3. The maximum absolute atomic E-state index is 13.9. The van der Waals surface area contributed by atoms with E-state index in [9.17, 15) is 22.8 Å². The van der Waals surface area contributed by atoms with E-state index in [0.717, 1.165) is 18.2 Å². The van der Waals surface area contributed by atoms with Gasteiger partial charge in [0.1, 0.15) is 27.6 Å². The number of nitrogens with zero attached hydrogens (tertiary/aromatic N) is 4. The number of aromatic nitrogens is 3. The van der Waals surface area contributed by atoms with Gasteiger partial charge < -0.3 is 24.8 Å². The zero-order valence-corrected chi connectivity index (χ0v) is 23.7. The van der Waals surface area contributed by atoms with Crippen LogP contribution in [0.25, 0.3) is 20.9 Å². The molecule has 216 valence electrons. The lowest BCUT2D eigenvalue weighted by atomic mass is 10.1. The molecule has 1 aliphatic rings. The number of piperazine rings is 1. The number of hydrogen-bond acceptors (Lipinski definition) is 8. The predicted molar refractivity (Wildman–Crippen MR) is 153 cm³/mol. The molecule has 1 aromatic carbocycles. The van der Waals surface area contributed by atoms with E-state index in [1.165, 1.54) is 18.4 Å². The van der Waals surface area contributed by atoms with Crippen molar-refractivity contribution in [3.05, 3.63) is 63.0 Å². The number of fused-ring (bicyclic) bond motifs is 1. The largest absolute Gasteiger partial charge is 0.481 e. The smallest absolute Gasteiger partial charge is 0.416 e. The SMILES string of the molecule is CCc1c(N2CCNCC2)c(=O)c2nc(-c3ccnc(OC)c3)sc2n1CC(=O)Nc1ccc(C(F)(F)F)cc1Cl. The fraction of sp³-hybridized carbons (Fsp3) is 0.333. The second-order valence-electron chi connectivity index (χ2n) is 9.30. The third kappa shape index (κ3) is 5.88. The van der Waals surface area contributed by atoms with Crippen LogP contribution >= 0.6 is 22.9 Å². The van der Waals surface area contributed by atoms with Crippen molar-refractivity contribution in [3.8, 4) is 16.5 Å². The Labute approximate surface area is 241 Å². The second kappa shape index (κ2) is 11.7. The van der Waals surface area contributed by atoms with Crippen molar-refractivity contribution >= 4 is 50.6 Å². The Morgan fingerprint density at radius 2 is 1.98 bits per heavy atom. The van der Waals surface area contributed by atoms with E-state index in [2.05, 4.69) is 20.6 Å². The van der Waals surface area contributed by atoms with Gasteiger partial charge in [0.15, 0.2) is 0 Å². The maximum Gasteiger partial charge on any atom is 0.416 e. The molecular weight excluding hydrogens is 581 g/mol. The highest BCUT2D eigenvalue weighted by atomic mass is 35.5. The summed E-state index contributed by atoms with van der Waals surface area (Å²) in [5.41, 5.74) is 1.01. The first-order valence-electron chi connectivity index (χ1n) is 12.8. The highest BCUT2D eigenvalue weighted by Gasteiger charge is 2.31. The lowest BCUT2D eigenvalue weighted by Crippen LogP contribution is -2.46. The van der Waals surface area contributed by atoms with Crippen molar-refractivity contribution in [1.82, 2.24) is 19.9 Å². The van der Waals surface area contributed by atoms with Crippen LogP contribution in [0.5, 0.6) is 5.88 Å². The number of ether oxygens (including phenoxy) is 1. The van der Waals surface area contributed by atoms with Gasteiger partial charge in [-0.2, -0.15) is 13.2 Å². The Kier molecular flexibility index (Phi) is 8.20. The number of hydrogen-bond donors (Lipinski definition) is 2. The zero-order chi connectivity index (χ0) is 29.3. The molecule has 3 aromatic heterocycles. The molecule has 0 radical (unpaired) electrons. The van der Waals surface area contributed by atoms with Crippen LogP contribution in [0.15, 0.2) is 41.3 Å². The van der Waals surface area contributed by atoms with Crippen molar-refractivity contribution in [2.75, 3.05) is 43.5 Å². The summed E-state index contributed by atoms with van der Waals surface area (Å²) in [7, 11) is 1.50. The van der Waals surface area contributed by atoms with Crippen molar-refractivity contribution in [1.29, 1.82) is 0 Å². The molecule has 1 saturated heterocycles. The molecule has 1 fully saturated rings. The average molecular weight is 607 g/mol. The third-order valence-corrected chi connectivity index (χ3v) is 8.16. The summed E-state index contributed by atoms with van der Waals surface area (Å²) in [6.45, 7) is 4.32. The molecule has 14 heteroatoms. The number of thiazole rings is 1. The van der Waals surface area contributed by atoms with Crippen LogP contribution in [0.2, 0.25) is 5.02 Å². The summed E-state index contributed by atoms with van der Waals surface area (Å²) in [5.74, 6) is -0.126. The first kappa shape index (κ1) is 28.8. The van der Waals surface area contributed by atoms with Gasteiger partial charge in [0.05, 0.1) is 23.4 Å². The average Bonchev–Trinajstić information content (AvgIpc) is 3.41. The molecule has 0 unspecified atom stereocenters. The quantitative estimate of drug-likeness (QED) is 0.311. The number of halogens is 4. The summed E-state index contributed by atoms with van der Waals surface area (Å²) < 4.78 is 46.2. The van der Waals surface area contributed by atoms with Gasteiger partial charge in [-0.15, -0.1) is 0 Å². The van der Waals surface area contributed by atoms with Gasteiger partial charge in [-0.25, -0.2) is 9.97 Å². The number of pyridine rings is 2. The van der Waals surface area contributed by atoms with Crippen molar-refractivity contribution in [3.63, 3.8) is 0 Å². The van der Waals surface area contributed by atoms with Crippen LogP contribution in [0.1, 0.15) is 18.2 Å². The normalized spacial score (nSPS) is 14.0. The molecule has 5 rings (SSSR count). The minimum absolute atomic E-state index is 0.0520. The van der Waals surface area contributed by atoms with E-state index in [1.54, 1.807) is 22.9 Å². The molecule has 4 heterocycles. The molecule has 0 atom stereocenters. The molecular formula is C27H26ClF3N6O3S. The van der Waals surface area contributed by atoms with E-state index in [-0.39, 0.29) is 28.2 Å². The molecule has 1 aliphatic heterocycles. The summed E-state index contributed by atoms with van der Waals surface area (Å²) in [4.78, 5) is 38.5. The highest BCUT2D eigenvalue weighted by Crippen LogP contribution is 2.35. The number of benzene rings is 1. The fourth-order valence-electron chi connectivity index (χ4n) is 4.78. The second-order valence-corrected chi connectivity index (χ2v) is 10.7. The van der Waals surface area contributed by atoms with E-state index in [1.807, 2.05) is 11.8 Å². The Balaban J connectivity index is 1.60. The van der Waals surface area contributed by atoms with Gasteiger partial charge in [-0.1, -0.05) is 29.9 Å². The summed E-state index contributed by atoms with van der Waals surface area (Å²) in [5, 5.41) is 6.22. The fourth-order valence-corrected chi connectivity index (χ4v) is 6.09. The summed E-state index contributed by atoms with van der Waals surface area (Å²) >= 11 is 7.34. The van der Waals surface area contributed by atoms with Gasteiger partial charge >= 0.3 is 6.18 Å². The molecule has 41 heavy (non-hydrogen) atoms. The lowest BCUT2D eigenvalue weighted by Gasteiger charge is -2.31. The summed E-state index contributed by atoms with van der Waals surface area (Å²) in [6.07, 6.45) is -2.53. The minimum atomic E-state index is -4.56. The molecule has 9 nitrogen and oxygen atoms in total. The first-order valence-corrected chi connectivity index (χ1v) is 14.0. The summed E-state index contributed by atoms with van der Waals surface area (Å²) in [6, 6.07) is 6.22. The van der Waals surface area contributed by atoms with Gasteiger partial charge in [0, 0.05) is 49.7 Å².